The number of alkyl carbamates (subject to hydrolysis) is 1. The topological polar surface area (TPSA) is 105 Å². The molecule has 2 N–H and O–H groups in total. The fourth-order valence-corrected chi connectivity index (χ4v) is 3.59. The molecule has 1 aromatic carbocycles. The van der Waals surface area contributed by atoms with Crippen LogP contribution < -0.4 is 10.6 Å². The van der Waals surface area contributed by atoms with E-state index in [0.29, 0.717) is 11.1 Å². The molecule has 1 fully saturated rings. The van der Waals surface area contributed by atoms with Gasteiger partial charge in [0.25, 0.3) is 17.7 Å². The molecular formula is C19H23N3O5. The average molecular weight is 373 g/mol. The number of ether oxygens (including phenoxy) is 1. The van der Waals surface area contributed by atoms with Gasteiger partial charge in [-0.05, 0) is 31.0 Å². The lowest BCUT2D eigenvalue weighted by atomic mass is 9.94. The van der Waals surface area contributed by atoms with E-state index in [1.54, 1.807) is 6.07 Å². The SMILES string of the molecule is COC(=O)NCCNC(=O)c1ccc2c(c1)C(=O)N(C1CCCCC1)C2=O. The van der Waals surface area contributed by atoms with Crippen LogP contribution in [-0.4, -0.2) is 55.0 Å². The number of amides is 4. The van der Waals surface area contributed by atoms with Crippen LogP contribution in [0.2, 0.25) is 0 Å². The molecule has 1 saturated carbocycles. The van der Waals surface area contributed by atoms with Gasteiger partial charge in [0, 0.05) is 24.7 Å². The number of carbonyl (C=O) groups excluding carboxylic acids is 4. The molecule has 1 aliphatic heterocycles. The minimum Gasteiger partial charge on any atom is -0.453 e. The lowest BCUT2D eigenvalue weighted by Crippen LogP contribution is -2.40. The lowest BCUT2D eigenvalue weighted by molar-refractivity contribution is 0.0548. The van der Waals surface area contributed by atoms with Crippen LogP contribution in [-0.2, 0) is 4.74 Å². The standard InChI is InChI=1S/C19H23N3O5/c1-27-19(26)21-10-9-20-16(23)12-7-8-14-15(11-12)18(25)22(17(14)24)13-5-3-2-4-6-13/h7-8,11,13H,2-6,9-10H2,1H3,(H,20,23)(H,21,26). The first kappa shape index (κ1) is 18.9. The van der Waals surface area contributed by atoms with E-state index in [2.05, 4.69) is 15.4 Å². The molecule has 27 heavy (non-hydrogen) atoms. The summed E-state index contributed by atoms with van der Waals surface area (Å²) in [7, 11) is 1.26. The van der Waals surface area contributed by atoms with Crippen molar-refractivity contribution in [3.63, 3.8) is 0 Å². The van der Waals surface area contributed by atoms with Crippen LogP contribution in [0.15, 0.2) is 18.2 Å². The number of imide groups is 1. The molecule has 0 radical (unpaired) electrons. The van der Waals surface area contributed by atoms with Gasteiger partial charge in [0.05, 0.1) is 18.2 Å². The summed E-state index contributed by atoms with van der Waals surface area (Å²) in [6, 6.07) is 4.51. The van der Waals surface area contributed by atoms with Crippen molar-refractivity contribution in [2.45, 2.75) is 38.1 Å². The van der Waals surface area contributed by atoms with E-state index < -0.39 is 6.09 Å². The van der Waals surface area contributed by atoms with Gasteiger partial charge >= 0.3 is 6.09 Å². The van der Waals surface area contributed by atoms with E-state index in [9.17, 15) is 19.2 Å². The Bertz CT molecular complexity index is 771. The molecule has 3 rings (SSSR count). The molecule has 2 aliphatic rings. The van der Waals surface area contributed by atoms with Crippen molar-refractivity contribution in [2.75, 3.05) is 20.2 Å². The zero-order chi connectivity index (χ0) is 19.4. The third-order valence-corrected chi connectivity index (χ3v) is 4.99. The number of nitrogens with one attached hydrogen (secondary N) is 2. The maximum absolute atomic E-state index is 12.8. The molecule has 4 amide bonds. The normalized spacial score (nSPS) is 16.9. The van der Waals surface area contributed by atoms with Crippen LogP contribution in [0.4, 0.5) is 4.79 Å². The molecule has 0 atom stereocenters. The third kappa shape index (κ3) is 3.94. The summed E-state index contributed by atoms with van der Waals surface area (Å²) in [5, 5.41) is 5.11. The van der Waals surface area contributed by atoms with Crippen molar-refractivity contribution in [2.24, 2.45) is 0 Å². The van der Waals surface area contributed by atoms with Gasteiger partial charge < -0.3 is 15.4 Å². The largest absolute Gasteiger partial charge is 0.453 e. The molecule has 1 aromatic rings. The monoisotopic (exact) mass is 373 g/mol. The number of fused-ring (bicyclic) bond motifs is 1. The number of methoxy groups -OCH3 is 1. The zero-order valence-electron chi connectivity index (χ0n) is 15.2. The minimum absolute atomic E-state index is 0.0483. The number of rotatable bonds is 5. The summed E-state index contributed by atoms with van der Waals surface area (Å²) < 4.78 is 4.44. The van der Waals surface area contributed by atoms with Crippen LogP contribution in [0.25, 0.3) is 0 Å². The maximum atomic E-state index is 12.8. The van der Waals surface area contributed by atoms with Crippen molar-refractivity contribution in [1.82, 2.24) is 15.5 Å². The van der Waals surface area contributed by atoms with Crippen molar-refractivity contribution < 1.29 is 23.9 Å². The van der Waals surface area contributed by atoms with Gasteiger partial charge in [0.2, 0.25) is 0 Å². The van der Waals surface area contributed by atoms with Gasteiger partial charge in [-0.15, -0.1) is 0 Å². The fraction of sp³-hybridized carbons (Fsp3) is 0.474. The highest BCUT2D eigenvalue weighted by Crippen LogP contribution is 2.31. The molecule has 144 valence electrons. The first-order chi connectivity index (χ1) is 13.0. The van der Waals surface area contributed by atoms with E-state index in [1.807, 2.05) is 0 Å². The van der Waals surface area contributed by atoms with Gasteiger partial charge in [-0.1, -0.05) is 19.3 Å². The summed E-state index contributed by atoms with van der Waals surface area (Å²) in [4.78, 5) is 50.0. The molecule has 1 aliphatic carbocycles. The summed E-state index contributed by atoms with van der Waals surface area (Å²) in [6.45, 7) is 0.433. The smallest absolute Gasteiger partial charge is 0.406 e. The zero-order valence-corrected chi connectivity index (χ0v) is 15.2. The van der Waals surface area contributed by atoms with Crippen molar-refractivity contribution in [1.29, 1.82) is 0 Å². The average Bonchev–Trinajstić information content (AvgIpc) is 2.95. The summed E-state index contributed by atoms with van der Waals surface area (Å²) in [6.07, 6.45) is 4.28. The molecule has 0 spiro atoms. The highest BCUT2D eigenvalue weighted by atomic mass is 16.5. The van der Waals surface area contributed by atoms with Crippen LogP contribution in [0, 0.1) is 0 Å². The van der Waals surface area contributed by atoms with Crippen LogP contribution in [0.5, 0.6) is 0 Å². The van der Waals surface area contributed by atoms with E-state index in [4.69, 9.17) is 0 Å². The lowest BCUT2D eigenvalue weighted by Gasteiger charge is -2.29. The Morgan fingerprint density at radius 2 is 1.70 bits per heavy atom. The van der Waals surface area contributed by atoms with Gasteiger partial charge in [-0.25, -0.2) is 4.79 Å². The van der Waals surface area contributed by atoms with Gasteiger partial charge in [0.15, 0.2) is 0 Å². The predicted octanol–water partition coefficient (Wildman–Crippen LogP) is 1.70. The number of hydrogen-bond donors (Lipinski definition) is 2. The van der Waals surface area contributed by atoms with E-state index >= 15 is 0 Å². The Labute approximate surface area is 157 Å². The Morgan fingerprint density at radius 3 is 2.41 bits per heavy atom. The number of benzene rings is 1. The number of carbonyl (C=O) groups is 4. The van der Waals surface area contributed by atoms with E-state index in [-0.39, 0.29) is 42.4 Å². The van der Waals surface area contributed by atoms with Gasteiger partial charge in [-0.3, -0.25) is 19.3 Å². The Balaban J connectivity index is 1.66. The molecule has 8 heteroatoms. The van der Waals surface area contributed by atoms with Crippen LogP contribution >= 0.6 is 0 Å². The second-order valence-electron chi connectivity index (χ2n) is 6.71. The predicted molar refractivity (Wildman–Crippen MR) is 96.6 cm³/mol. The first-order valence-corrected chi connectivity index (χ1v) is 9.15. The first-order valence-electron chi connectivity index (χ1n) is 9.15. The molecular weight excluding hydrogens is 350 g/mol. The van der Waals surface area contributed by atoms with Crippen LogP contribution in [0.3, 0.4) is 0 Å². The van der Waals surface area contributed by atoms with Crippen molar-refractivity contribution in [3.05, 3.63) is 34.9 Å². The quantitative estimate of drug-likeness (QED) is 0.604. The van der Waals surface area contributed by atoms with Crippen molar-refractivity contribution in [3.8, 4) is 0 Å². The number of hydrogen-bond acceptors (Lipinski definition) is 5. The maximum Gasteiger partial charge on any atom is 0.406 e. The summed E-state index contributed by atoms with van der Waals surface area (Å²) in [5.74, 6) is -0.958. The Kier molecular flexibility index (Phi) is 5.73. The third-order valence-electron chi connectivity index (χ3n) is 4.99. The highest BCUT2D eigenvalue weighted by Gasteiger charge is 2.40. The second kappa shape index (κ2) is 8.20. The molecule has 1 heterocycles. The Morgan fingerprint density at radius 1 is 1.04 bits per heavy atom. The van der Waals surface area contributed by atoms with Gasteiger partial charge in [0.1, 0.15) is 0 Å². The van der Waals surface area contributed by atoms with Crippen molar-refractivity contribution >= 4 is 23.8 Å². The van der Waals surface area contributed by atoms with Gasteiger partial charge in [-0.2, -0.15) is 0 Å². The highest BCUT2D eigenvalue weighted by molar-refractivity contribution is 6.22. The molecule has 8 nitrogen and oxygen atoms in total. The van der Waals surface area contributed by atoms with Crippen LogP contribution in [0.1, 0.15) is 63.2 Å². The molecule has 0 bridgehead atoms. The summed E-state index contributed by atoms with van der Waals surface area (Å²) in [5.41, 5.74) is 0.943. The number of nitrogens with zero attached hydrogens (tertiary/aromatic N) is 1. The van der Waals surface area contributed by atoms with E-state index in [1.165, 1.54) is 24.1 Å². The molecule has 0 aromatic heterocycles. The molecule has 0 saturated heterocycles. The summed E-state index contributed by atoms with van der Waals surface area (Å²) >= 11 is 0. The fourth-order valence-electron chi connectivity index (χ4n) is 3.59. The second-order valence-corrected chi connectivity index (χ2v) is 6.71. The van der Waals surface area contributed by atoms with E-state index in [0.717, 1.165) is 32.1 Å². The Hall–Kier alpha value is -2.90. The molecule has 0 unspecified atom stereocenters. The minimum atomic E-state index is -0.575.